The van der Waals surface area contributed by atoms with Crippen LogP contribution < -0.4 is 4.31 Å². The Bertz CT molecular complexity index is 790. The average Bonchev–Trinajstić information content (AvgIpc) is 2.37. The molecule has 0 aliphatic heterocycles. The third kappa shape index (κ3) is 3.11. The van der Waals surface area contributed by atoms with Gasteiger partial charge >= 0.3 is 0 Å². The van der Waals surface area contributed by atoms with Crippen LogP contribution in [0.1, 0.15) is 11.1 Å². The summed E-state index contributed by atoms with van der Waals surface area (Å²) in [5.74, 6) is -0.597. The van der Waals surface area contributed by atoms with Gasteiger partial charge in [0.2, 0.25) is 0 Å². The lowest BCUT2D eigenvalue weighted by atomic mass is 10.2. The fourth-order valence-electron chi connectivity index (χ4n) is 2.10. The van der Waals surface area contributed by atoms with E-state index in [1.165, 1.54) is 19.2 Å². The average molecular weight is 372 g/mol. The van der Waals surface area contributed by atoms with Gasteiger partial charge in [-0.2, -0.15) is 0 Å². The highest BCUT2D eigenvalue weighted by Gasteiger charge is 2.25. The van der Waals surface area contributed by atoms with E-state index in [0.717, 1.165) is 9.87 Å². The van der Waals surface area contributed by atoms with Crippen molar-refractivity contribution in [2.45, 2.75) is 18.7 Å². The van der Waals surface area contributed by atoms with Crippen molar-refractivity contribution in [2.24, 2.45) is 0 Å². The molecule has 0 fully saturated rings. The zero-order chi connectivity index (χ0) is 15.8. The summed E-state index contributed by atoms with van der Waals surface area (Å²) in [5.41, 5.74) is 1.63. The SMILES string of the molecule is Cc1ccc(S(=O)(=O)N(C)c2ccc(Br)cc2F)c(C)c1. The van der Waals surface area contributed by atoms with Gasteiger partial charge in [0.25, 0.3) is 10.0 Å². The largest absolute Gasteiger partial charge is 0.266 e. The van der Waals surface area contributed by atoms with Crippen LogP contribution in [-0.2, 0) is 10.0 Å². The van der Waals surface area contributed by atoms with Crippen LogP contribution in [0, 0.1) is 19.7 Å². The molecule has 2 rings (SSSR count). The molecule has 0 saturated carbocycles. The number of benzene rings is 2. The molecule has 0 atom stereocenters. The molecule has 2 aromatic rings. The summed E-state index contributed by atoms with van der Waals surface area (Å²) in [6.45, 7) is 3.62. The first-order valence-corrected chi connectivity index (χ1v) is 8.48. The van der Waals surface area contributed by atoms with Gasteiger partial charge in [-0.25, -0.2) is 12.8 Å². The number of anilines is 1. The number of sulfonamides is 1. The minimum atomic E-state index is -3.80. The van der Waals surface area contributed by atoms with E-state index in [9.17, 15) is 12.8 Å². The van der Waals surface area contributed by atoms with Crippen LogP contribution in [0.3, 0.4) is 0 Å². The Balaban J connectivity index is 2.52. The van der Waals surface area contributed by atoms with E-state index in [2.05, 4.69) is 15.9 Å². The van der Waals surface area contributed by atoms with Gasteiger partial charge in [0.15, 0.2) is 0 Å². The third-order valence-electron chi connectivity index (χ3n) is 3.22. The maximum Gasteiger partial charge on any atom is 0.264 e. The highest BCUT2D eigenvalue weighted by Crippen LogP contribution is 2.28. The molecule has 0 unspecified atom stereocenters. The lowest BCUT2D eigenvalue weighted by molar-refractivity contribution is 0.589. The van der Waals surface area contributed by atoms with Gasteiger partial charge in [0.05, 0.1) is 10.6 Å². The van der Waals surface area contributed by atoms with E-state index >= 15 is 0 Å². The zero-order valence-corrected chi connectivity index (χ0v) is 14.3. The highest BCUT2D eigenvalue weighted by molar-refractivity contribution is 9.10. The second-order valence-electron chi connectivity index (χ2n) is 4.84. The molecular weight excluding hydrogens is 357 g/mol. The zero-order valence-electron chi connectivity index (χ0n) is 11.9. The Morgan fingerprint density at radius 1 is 1.10 bits per heavy atom. The summed E-state index contributed by atoms with van der Waals surface area (Å²) in [6.07, 6.45) is 0. The van der Waals surface area contributed by atoms with Crippen molar-refractivity contribution >= 4 is 31.6 Å². The van der Waals surface area contributed by atoms with Crippen molar-refractivity contribution in [3.63, 3.8) is 0 Å². The fraction of sp³-hybridized carbons (Fsp3) is 0.200. The number of rotatable bonds is 3. The molecule has 0 bridgehead atoms. The van der Waals surface area contributed by atoms with Crippen molar-refractivity contribution in [1.82, 2.24) is 0 Å². The molecule has 0 N–H and O–H groups in total. The normalized spacial score (nSPS) is 11.5. The summed E-state index contributed by atoms with van der Waals surface area (Å²) >= 11 is 3.15. The first-order chi connectivity index (χ1) is 9.73. The molecule has 112 valence electrons. The van der Waals surface area contributed by atoms with Gasteiger partial charge in [-0.3, -0.25) is 4.31 Å². The van der Waals surface area contributed by atoms with E-state index in [4.69, 9.17) is 0 Å². The molecule has 6 heteroatoms. The molecule has 0 spiro atoms. The highest BCUT2D eigenvalue weighted by atomic mass is 79.9. The van der Waals surface area contributed by atoms with Crippen molar-refractivity contribution in [3.8, 4) is 0 Å². The van der Waals surface area contributed by atoms with Crippen LogP contribution in [-0.4, -0.2) is 15.5 Å². The van der Waals surface area contributed by atoms with Gasteiger partial charge in [-0.1, -0.05) is 33.6 Å². The Morgan fingerprint density at radius 2 is 1.76 bits per heavy atom. The number of hydrogen-bond donors (Lipinski definition) is 0. The molecular formula is C15H15BrFNO2S. The number of halogens is 2. The lowest BCUT2D eigenvalue weighted by Crippen LogP contribution is -2.28. The predicted molar refractivity (Wildman–Crippen MR) is 85.6 cm³/mol. The Labute approximate surface area is 132 Å². The molecule has 0 aliphatic rings. The van der Waals surface area contributed by atoms with Crippen LogP contribution >= 0.6 is 15.9 Å². The quantitative estimate of drug-likeness (QED) is 0.816. The molecule has 3 nitrogen and oxygen atoms in total. The first kappa shape index (κ1) is 16.0. The van der Waals surface area contributed by atoms with Crippen molar-refractivity contribution in [3.05, 3.63) is 57.8 Å². The van der Waals surface area contributed by atoms with Crippen molar-refractivity contribution in [2.75, 3.05) is 11.4 Å². The molecule has 0 aliphatic carbocycles. The van der Waals surface area contributed by atoms with Crippen molar-refractivity contribution < 1.29 is 12.8 Å². The predicted octanol–water partition coefficient (Wildman–Crippen LogP) is 4.03. The Kier molecular flexibility index (Phi) is 4.39. The smallest absolute Gasteiger partial charge is 0.264 e. The van der Waals surface area contributed by atoms with Crippen LogP contribution in [0.5, 0.6) is 0 Å². The van der Waals surface area contributed by atoms with Gasteiger partial charge in [0.1, 0.15) is 5.82 Å². The summed E-state index contributed by atoms with van der Waals surface area (Å²) < 4.78 is 40.8. The molecule has 0 amide bonds. The summed E-state index contributed by atoms with van der Waals surface area (Å²) in [5, 5.41) is 0. The second-order valence-corrected chi connectivity index (χ2v) is 7.69. The number of hydrogen-bond acceptors (Lipinski definition) is 2. The number of aryl methyl sites for hydroxylation is 2. The summed E-state index contributed by atoms with van der Waals surface area (Å²) in [6, 6.07) is 9.34. The lowest BCUT2D eigenvalue weighted by Gasteiger charge is -2.21. The summed E-state index contributed by atoms with van der Waals surface area (Å²) in [4.78, 5) is 0.179. The standard InChI is InChI=1S/C15H15BrFNO2S/c1-10-4-7-15(11(2)8-10)21(19,20)18(3)14-6-5-12(16)9-13(14)17/h4-9H,1-3H3. The van der Waals surface area contributed by atoms with E-state index < -0.39 is 15.8 Å². The molecule has 0 aromatic heterocycles. The molecule has 0 heterocycles. The van der Waals surface area contributed by atoms with Gasteiger partial charge in [0, 0.05) is 11.5 Å². The van der Waals surface area contributed by atoms with E-state index in [0.29, 0.717) is 10.0 Å². The summed E-state index contributed by atoms with van der Waals surface area (Å²) in [7, 11) is -2.45. The maximum atomic E-state index is 14.0. The Hall–Kier alpha value is -1.40. The monoisotopic (exact) mass is 371 g/mol. The third-order valence-corrected chi connectivity index (χ3v) is 5.64. The topological polar surface area (TPSA) is 37.4 Å². The van der Waals surface area contributed by atoms with Crippen LogP contribution in [0.4, 0.5) is 10.1 Å². The van der Waals surface area contributed by atoms with Crippen LogP contribution in [0.15, 0.2) is 45.8 Å². The van der Waals surface area contributed by atoms with E-state index in [-0.39, 0.29) is 10.6 Å². The minimum absolute atomic E-state index is 0.0122. The molecule has 2 aromatic carbocycles. The van der Waals surface area contributed by atoms with Gasteiger partial charge < -0.3 is 0 Å². The van der Waals surface area contributed by atoms with Crippen LogP contribution in [0.2, 0.25) is 0 Å². The van der Waals surface area contributed by atoms with Crippen LogP contribution in [0.25, 0.3) is 0 Å². The van der Waals surface area contributed by atoms with Gasteiger partial charge in [-0.15, -0.1) is 0 Å². The van der Waals surface area contributed by atoms with Gasteiger partial charge in [-0.05, 0) is 43.7 Å². The number of nitrogens with zero attached hydrogens (tertiary/aromatic N) is 1. The van der Waals surface area contributed by atoms with E-state index in [1.807, 2.05) is 6.92 Å². The fourth-order valence-corrected chi connectivity index (χ4v) is 3.84. The molecule has 0 radical (unpaired) electrons. The molecule has 0 saturated heterocycles. The molecule has 21 heavy (non-hydrogen) atoms. The minimum Gasteiger partial charge on any atom is -0.266 e. The first-order valence-electron chi connectivity index (χ1n) is 6.24. The second kappa shape index (κ2) is 5.77. The van der Waals surface area contributed by atoms with Crippen molar-refractivity contribution in [1.29, 1.82) is 0 Å². The van der Waals surface area contributed by atoms with E-state index in [1.54, 1.807) is 31.2 Å². The maximum absolute atomic E-state index is 14.0. The Morgan fingerprint density at radius 3 is 2.33 bits per heavy atom.